The predicted octanol–water partition coefficient (Wildman–Crippen LogP) is 2.49. The van der Waals surface area contributed by atoms with Gasteiger partial charge in [-0.1, -0.05) is 6.07 Å². The second-order valence-corrected chi connectivity index (χ2v) is 6.68. The number of hydrogen-bond acceptors (Lipinski definition) is 4. The third-order valence-corrected chi connectivity index (χ3v) is 4.98. The first kappa shape index (κ1) is 16.6. The summed E-state index contributed by atoms with van der Waals surface area (Å²) in [5.74, 6) is -0.859. The largest absolute Gasteiger partial charge is 0.335 e. The van der Waals surface area contributed by atoms with E-state index in [1.165, 1.54) is 29.5 Å². The lowest BCUT2D eigenvalue weighted by molar-refractivity contribution is 0.0740. The van der Waals surface area contributed by atoms with E-state index in [0.717, 1.165) is 18.7 Å². The Morgan fingerprint density at radius 2 is 2.00 bits per heavy atom. The Labute approximate surface area is 143 Å². The predicted molar refractivity (Wildman–Crippen MR) is 92.2 cm³/mol. The molecule has 7 heteroatoms. The van der Waals surface area contributed by atoms with Crippen molar-refractivity contribution in [1.82, 2.24) is 10.2 Å². The molecule has 0 unspecified atom stereocenters. The van der Waals surface area contributed by atoms with Crippen LogP contribution in [-0.2, 0) is 0 Å². The Kier molecular flexibility index (Phi) is 4.92. The SMILES string of the molecule is Cc1cc(NC(=O)c2cccc(F)c2)sc1C(=O)N1CCNCC1. The van der Waals surface area contributed by atoms with Crippen LogP contribution in [0.2, 0.25) is 0 Å². The highest BCUT2D eigenvalue weighted by Crippen LogP contribution is 2.28. The third-order valence-electron chi connectivity index (χ3n) is 3.84. The van der Waals surface area contributed by atoms with E-state index >= 15 is 0 Å². The minimum atomic E-state index is -0.459. The molecule has 1 aliphatic heterocycles. The van der Waals surface area contributed by atoms with Crippen LogP contribution in [0.5, 0.6) is 0 Å². The van der Waals surface area contributed by atoms with Gasteiger partial charge in [0.2, 0.25) is 0 Å². The van der Waals surface area contributed by atoms with E-state index in [2.05, 4.69) is 10.6 Å². The monoisotopic (exact) mass is 347 g/mol. The van der Waals surface area contributed by atoms with Crippen LogP contribution in [0, 0.1) is 12.7 Å². The fraction of sp³-hybridized carbons (Fsp3) is 0.294. The van der Waals surface area contributed by atoms with Crippen LogP contribution < -0.4 is 10.6 Å². The highest BCUT2D eigenvalue weighted by atomic mass is 32.1. The summed E-state index contributed by atoms with van der Waals surface area (Å²) in [7, 11) is 0. The van der Waals surface area contributed by atoms with Crippen molar-refractivity contribution < 1.29 is 14.0 Å². The van der Waals surface area contributed by atoms with Gasteiger partial charge < -0.3 is 15.5 Å². The number of halogens is 1. The molecule has 0 saturated carbocycles. The first-order valence-electron chi connectivity index (χ1n) is 7.72. The quantitative estimate of drug-likeness (QED) is 0.897. The maximum absolute atomic E-state index is 13.2. The van der Waals surface area contributed by atoms with Crippen molar-refractivity contribution in [2.24, 2.45) is 0 Å². The molecular weight excluding hydrogens is 329 g/mol. The van der Waals surface area contributed by atoms with Crippen LogP contribution in [0.3, 0.4) is 0 Å². The fourth-order valence-corrected chi connectivity index (χ4v) is 3.62. The first-order chi connectivity index (χ1) is 11.5. The van der Waals surface area contributed by atoms with Crippen LogP contribution in [0.1, 0.15) is 25.6 Å². The number of piperazine rings is 1. The molecule has 0 bridgehead atoms. The van der Waals surface area contributed by atoms with Crippen LogP contribution in [0.15, 0.2) is 30.3 Å². The smallest absolute Gasteiger partial charge is 0.264 e. The van der Waals surface area contributed by atoms with Crippen molar-refractivity contribution in [3.05, 3.63) is 52.2 Å². The molecule has 2 amide bonds. The number of benzene rings is 1. The van der Waals surface area contributed by atoms with Gasteiger partial charge in [-0.25, -0.2) is 4.39 Å². The van der Waals surface area contributed by atoms with E-state index in [1.54, 1.807) is 12.1 Å². The molecular formula is C17H18FN3O2S. The summed E-state index contributed by atoms with van der Waals surface area (Å²) in [6, 6.07) is 7.28. The molecule has 2 aromatic rings. The van der Waals surface area contributed by atoms with E-state index in [4.69, 9.17) is 0 Å². The highest BCUT2D eigenvalue weighted by Gasteiger charge is 2.22. The Balaban J connectivity index is 1.74. The van der Waals surface area contributed by atoms with Gasteiger partial charge in [-0.3, -0.25) is 9.59 Å². The van der Waals surface area contributed by atoms with Crippen LogP contribution in [0.4, 0.5) is 9.39 Å². The molecule has 0 atom stereocenters. The average molecular weight is 347 g/mol. The van der Waals surface area contributed by atoms with E-state index in [9.17, 15) is 14.0 Å². The van der Waals surface area contributed by atoms with E-state index < -0.39 is 11.7 Å². The van der Waals surface area contributed by atoms with E-state index in [-0.39, 0.29) is 11.5 Å². The van der Waals surface area contributed by atoms with Gasteiger partial charge in [0.1, 0.15) is 5.82 Å². The molecule has 1 aliphatic rings. The average Bonchev–Trinajstić information content (AvgIpc) is 2.95. The molecule has 5 nitrogen and oxygen atoms in total. The Hall–Kier alpha value is -2.25. The topological polar surface area (TPSA) is 61.4 Å². The summed E-state index contributed by atoms with van der Waals surface area (Å²) >= 11 is 1.25. The Morgan fingerprint density at radius 1 is 1.25 bits per heavy atom. The van der Waals surface area contributed by atoms with Crippen molar-refractivity contribution in [2.45, 2.75) is 6.92 Å². The number of carbonyl (C=O) groups excluding carboxylic acids is 2. The van der Waals surface area contributed by atoms with Crippen molar-refractivity contribution in [3.63, 3.8) is 0 Å². The van der Waals surface area contributed by atoms with Gasteiger partial charge in [-0.05, 0) is 36.8 Å². The number of hydrogen-bond donors (Lipinski definition) is 2. The molecule has 2 N–H and O–H groups in total. The minimum Gasteiger partial charge on any atom is -0.335 e. The normalized spacial score (nSPS) is 14.5. The number of rotatable bonds is 3. The standard InChI is InChI=1S/C17H18FN3O2S/c1-11-9-14(20-16(22)12-3-2-4-13(18)10-12)24-15(11)17(23)21-7-5-19-6-8-21/h2-4,9-10,19H,5-8H2,1H3,(H,20,22). The van der Waals surface area contributed by atoms with Crippen molar-refractivity contribution in [1.29, 1.82) is 0 Å². The van der Waals surface area contributed by atoms with Crippen molar-refractivity contribution in [2.75, 3.05) is 31.5 Å². The van der Waals surface area contributed by atoms with Crippen molar-refractivity contribution in [3.8, 4) is 0 Å². The molecule has 2 heterocycles. The second kappa shape index (κ2) is 7.11. The molecule has 1 saturated heterocycles. The van der Waals surface area contributed by atoms with Gasteiger partial charge in [0.05, 0.1) is 9.88 Å². The lowest BCUT2D eigenvalue weighted by Gasteiger charge is -2.27. The summed E-state index contributed by atoms with van der Waals surface area (Å²) in [6.07, 6.45) is 0. The van der Waals surface area contributed by atoms with Crippen LogP contribution >= 0.6 is 11.3 Å². The molecule has 126 valence electrons. The van der Waals surface area contributed by atoms with Gasteiger partial charge in [0.15, 0.2) is 0 Å². The number of anilines is 1. The minimum absolute atomic E-state index is 0.00902. The highest BCUT2D eigenvalue weighted by molar-refractivity contribution is 7.18. The summed E-state index contributed by atoms with van der Waals surface area (Å²) in [5.41, 5.74) is 1.08. The number of carbonyl (C=O) groups is 2. The van der Waals surface area contributed by atoms with E-state index in [0.29, 0.717) is 23.0 Å². The number of nitrogens with one attached hydrogen (secondary N) is 2. The zero-order chi connectivity index (χ0) is 17.1. The molecule has 1 aromatic heterocycles. The zero-order valence-electron chi connectivity index (χ0n) is 13.3. The first-order valence-corrected chi connectivity index (χ1v) is 8.53. The zero-order valence-corrected chi connectivity index (χ0v) is 14.1. The molecule has 1 fully saturated rings. The van der Waals surface area contributed by atoms with Crippen LogP contribution in [-0.4, -0.2) is 42.9 Å². The Morgan fingerprint density at radius 3 is 2.71 bits per heavy atom. The maximum Gasteiger partial charge on any atom is 0.264 e. The molecule has 0 aliphatic carbocycles. The third kappa shape index (κ3) is 3.63. The number of nitrogens with zero attached hydrogens (tertiary/aromatic N) is 1. The lowest BCUT2D eigenvalue weighted by atomic mass is 10.2. The summed E-state index contributed by atoms with van der Waals surface area (Å²) in [6.45, 7) is 4.80. The maximum atomic E-state index is 13.2. The van der Waals surface area contributed by atoms with Gasteiger partial charge in [-0.15, -0.1) is 11.3 Å². The summed E-state index contributed by atoms with van der Waals surface area (Å²) < 4.78 is 13.2. The van der Waals surface area contributed by atoms with Crippen LogP contribution in [0.25, 0.3) is 0 Å². The van der Waals surface area contributed by atoms with Gasteiger partial charge in [0.25, 0.3) is 11.8 Å². The molecule has 3 rings (SSSR count). The van der Waals surface area contributed by atoms with Gasteiger partial charge in [0, 0.05) is 31.7 Å². The number of aryl methyl sites for hydroxylation is 1. The fourth-order valence-electron chi connectivity index (χ4n) is 2.58. The molecule has 24 heavy (non-hydrogen) atoms. The summed E-state index contributed by atoms with van der Waals surface area (Å²) in [4.78, 5) is 27.2. The number of thiophene rings is 1. The molecule has 0 radical (unpaired) electrons. The lowest BCUT2D eigenvalue weighted by Crippen LogP contribution is -2.46. The van der Waals surface area contributed by atoms with Gasteiger partial charge in [-0.2, -0.15) is 0 Å². The van der Waals surface area contributed by atoms with Gasteiger partial charge >= 0.3 is 0 Å². The molecule has 0 spiro atoms. The summed E-state index contributed by atoms with van der Waals surface area (Å²) in [5, 5.41) is 6.53. The second-order valence-electron chi connectivity index (χ2n) is 5.63. The van der Waals surface area contributed by atoms with E-state index in [1.807, 2.05) is 11.8 Å². The van der Waals surface area contributed by atoms with Crippen molar-refractivity contribution >= 4 is 28.2 Å². The molecule has 1 aromatic carbocycles. The number of amides is 2. The Bertz CT molecular complexity index is 769.